The zero-order chi connectivity index (χ0) is 12.6. The highest BCUT2D eigenvalue weighted by molar-refractivity contribution is 9.10. The summed E-state index contributed by atoms with van der Waals surface area (Å²) in [5.41, 5.74) is 6.52. The number of nitrogens with two attached hydrogens (primary N) is 1. The van der Waals surface area contributed by atoms with Crippen LogP contribution in [0.2, 0.25) is 0 Å². The minimum atomic E-state index is -3.34. The zero-order valence-electron chi connectivity index (χ0n) is 9.16. The van der Waals surface area contributed by atoms with Gasteiger partial charge in [-0.25, -0.2) is 8.78 Å². The number of aliphatic hydroxyl groups excluding tert-OH is 1. The van der Waals surface area contributed by atoms with Gasteiger partial charge in [-0.15, -0.1) is 12.4 Å². The first kappa shape index (κ1) is 15.4. The standard InChI is InChI=1S/C11H11BrF2N2O.ClH/c12-6-1-2-9-7(3-6)8(4-16-9)10(15)11(13,14)5-17;/h1-4,10,16-17H,5,15H2;1H/t10-;/m1./s1. The number of rotatable bonds is 3. The van der Waals surface area contributed by atoms with Gasteiger partial charge in [0.2, 0.25) is 0 Å². The molecule has 0 radical (unpaired) electrons. The third kappa shape index (κ3) is 2.66. The molecule has 0 spiro atoms. The van der Waals surface area contributed by atoms with Crippen molar-refractivity contribution in [2.24, 2.45) is 5.73 Å². The number of fused-ring (bicyclic) bond motifs is 1. The van der Waals surface area contributed by atoms with E-state index in [1.54, 1.807) is 18.2 Å². The van der Waals surface area contributed by atoms with E-state index in [1.165, 1.54) is 6.20 Å². The van der Waals surface area contributed by atoms with E-state index >= 15 is 0 Å². The van der Waals surface area contributed by atoms with Crippen molar-refractivity contribution in [3.63, 3.8) is 0 Å². The SMILES string of the molecule is Cl.N[C@H](c1c[nH]c2ccc(Br)cc12)C(F)(F)CO. The Kier molecular flexibility index (Phi) is 4.72. The lowest BCUT2D eigenvalue weighted by Gasteiger charge is -2.20. The summed E-state index contributed by atoms with van der Waals surface area (Å²) in [6.07, 6.45) is 1.45. The smallest absolute Gasteiger partial charge is 0.289 e. The van der Waals surface area contributed by atoms with Gasteiger partial charge in [-0.1, -0.05) is 15.9 Å². The van der Waals surface area contributed by atoms with Crippen LogP contribution < -0.4 is 5.73 Å². The Morgan fingerprint density at radius 2 is 2.11 bits per heavy atom. The van der Waals surface area contributed by atoms with E-state index < -0.39 is 18.6 Å². The van der Waals surface area contributed by atoms with Gasteiger partial charge in [-0.2, -0.15) is 0 Å². The lowest BCUT2D eigenvalue weighted by atomic mass is 10.0. The molecule has 4 N–H and O–H groups in total. The quantitative estimate of drug-likeness (QED) is 0.804. The van der Waals surface area contributed by atoms with Gasteiger partial charge in [0, 0.05) is 27.1 Å². The summed E-state index contributed by atoms with van der Waals surface area (Å²) in [6.45, 7) is -1.27. The number of alkyl halides is 2. The lowest BCUT2D eigenvalue weighted by molar-refractivity contribution is -0.0708. The third-order valence-corrected chi connectivity index (χ3v) is 3.17. The Labute approximate surface area is 117 Å². The normalized spacial score (nSPS) is 13.4. The molecule has 0 amide bonds. The molecule has 0 unspecified atom stereocenters. The number of aromatic amines is 1. The van der Waals surface area contributed by atoms with Crippen LogP contribution in [0.25, 0.3) is 10.9 Å². The van der Waals surface area contributed by atoms with Crippen molar-refractivity contribution in [2.45, 2.75) is 12.0 Å². The van der Waals surface area contributed by atoms with Gasteiger partial charge in [0.1, 0.15) is 6.61 Å². The number of hydrogen-bond donors (Lipinski definition) is 3. The van der Waals surface area contributed by atoms with Crippen molar-refractivity contribution in [1.29, 1.82) is 0 Å². The van der Waals surface area contributed by atoms with Crippen molar-refractivity contribution in [3.8, 4) is 0 Å². The molecule has 100 valence electrons. The van der Waals surface area contributed by atoms with E-state index in [0.29, 0.717) is 10.9 Å². The monoisotopic (exact) mass is 340 g/mol. The molecule has 0 saturated heterocycles. The van der Waals surface area contributed by atoms with Crippen molar-refractivity contribution in [1.82, 2.24) is 4.98 Å². The molecule has 2 aromatic rings. The van der Waals surface area contributed by atoms with Crippen molar-refractivity contribution < 1.29 is 13.9 Å². The van der Waals surface area contributed by atoms with Crippen LogP contribution >= 0.6 is 28.3 Å². The Hall–Kier alpha value is -0.690. The summed E-state index contributed by atoms with van der Waals surface area (Å²) in [5, 5.41) is 9.27. The van der Waals surface area contributed by atoms with E-state index in [9.17, 15) is 8.78 Å². The molecular weight excluding hydrogens is 329 g/mol. The number of halogens is 4. The summed E-state index contributed by atoms with van der Waals surface area (Å²) in [4.78, 5) is 2.88. The van der Waals surface area contributed by atoms with Crippen LogP contribution in [-0.2, 0) is 0 Å². The maximum atomic E-state index is 13.3. The Morgan fingerprint density at radius 1 is 1.44 bits per heavy atom. The summed E-state index contributed by atoms with van der Waals surface area (Å²) in [5.74, 6) is -3.34. The molecule has 0 aliphatic rings. The average Bonchev–Trinajstić information content (AvgIpc) is 2.70. The van der Waals surface area contributed by atoms with Gasteiger partial charge in [-0.05, 0) is 18.2 Å². The molecule has 0 bridgehead atoms. The maximum absolute atomic E-state index is 13.3. The number of hydrogen-bond acceptors (Lipinski definition) is 2. The maximum Gasteiger partial charge on any atom is 0.289 e. The van der Waals surface area contributed by atoms with E-state index in [2.05, 4.69) is 20.9 Å². The van der Waals surface area contributed by atoms with Crippen LogP contribution in [0.3, 0.4) is 0 Å². The van der Waals surface area contributed by atoms with Gasteiger partial charge in [0.05, 0.1) is 6.04 Å². The van der Waals surface area contributed by atoms with Crippen LogP contribution in [0.1, 0.15) is 11.6 Å². The van der Waals surface area contributed by atoms with Gasteiger partial charge in [-0.3, -0.25) is 0 Å². The van der Waals surface area contributed by atoms with Crippen molar-refractivity contribution >= 4 is 39.2 Å². The van der Waals surface area contributed by atoms with Crippen LogP contribution in [0.4, 0.5) is 8.78 Å². The van der Waals surface area contributed by atoms with Crippen molar-refractivity contribution in [3.05, 3.63) is 34.4 Å². The number of nitrogens with one attached hydrogen (secondary N) is 1. The van der Waals surface area contributed by atoms with E-state index in [-0.39, 0.29) is 12.4 Å². The molecule has 18 heavy (non-hydrogen) atoms. The van der Waals surface area contributed by atoms with Gasteiger partial charge >= 0.3 is 0 Å². The molecule has 1 aromatic carbocycles. The average molecular weight is 342 g/mol. The van der Waals surface area contributed by atoms with E-state index in [1.807, 2.05) is 0 Å². The predicted octanol–water partition coefficient (Wildman–Crippen LogP) is 2.98. The van der Waals surface area contributed by atoms with E-state index in [0.717, 1.165) is 9.99 Å². The van der Waals surface area contributed by atoms with Crippen LogP contribution in [0, 0.1) is 0 Å². The highest BCUT2D eigenvalue weighted by Gasteiger charge is 2.38. The van der Waals surface area contributed by atoms with E-state index in [4.69, 9.17) is 10.8 Å². The fraction of sp³-hybridized carbons (Fsp3) is 0.273. The molecule has 1 aromatic heterocycles. The molecule has 7 heteroatoms. The Bertz CT molecular complexity index is 547. The largest absolute Gasteiger partial charge is 0.390 e. The molecule has 0 aliphatic heterocycles. The van der Waals surface area contributed by atoms with Crippen molar-refractivity contribution in [2.75, 3.05) is 6.61 Å². The number of H-pyrrole nitrogens is 1. The highest BCUT2D eigenvalue weighted by atomic mass is 79.9. The van der Waals surface area contributed by atoms with Crippen LogP contribution in [0.15, 0.2) is 28.9 Å². The Morgan fingerprint density at radius 3 is 2.72 bits per heavy atom. The van der Waals surface area contributed by atoms with Gasteiger partial charge in [0.15, 0.2) is 0 Å². The highest BCUT2D eigenvalue weighted by Crippen LogP contribution is 2.34. The second-order valence-corrected chi connectivity index (χ2v) is 4.75. The molecule has 0 saturated carbocycles. The van der Waals surface area contributed by atoms with Crippen LogP contribution in [0.5, 0.6) is 0 Å². The van der Waals surface area contributed by atoms with Gasteiger partial charge in [0.25, 0.3) is 5.92 Å². The first-order chi connectivity index (χ1) is 7.95. The second-order valence-electron chi connectivity index (χ2n) is 3.83. The molecule has 3 nitrogen and oxygen atoms in total. The summed E-state index contributed by atoms with van der Waals surface area (Å²) >= 11 is 3.28. The minimum Gasteiger partial charge on any atom is -0.390 e. The number of benzene rings is 1. The third-order valence-electron chi connectivity index (χ3n) is 2.68. The fourth-order valence-corrected chi connectivity index (χ4v) is 2.06. The number of aliphatic hydroxyl groups is 1. The van der Waals surface area contributed by atoms with Gasteiger partial charge < -0.3 is 15.8 Å². The fourth-order valence-electron chi connectivity index (χ4n) is 1.70. The summed E-state index contributed by atoms with van der Waals surface area (Å²) in [7, 11) is 0. The zero-order valence-corrected chi connectivity index (χ0v) is 11.6. The summed E-state index contributed by atoms with van der Waals surface area (Å²) in [6, 6.07) is 3.76. The molecule has 1 atom stereocenters. The minimum absolute atomic E-state index is 0. The second kappa shape index (κ2) is 5.52. The topological polar surface area (TPSA) is 62.0 Å². The molecule has 1 heterocycles. The number of aromatic nitrogens is 1. The molecule has 2 rings (SSSR count). The first-order valence-corrected chi connectivity index (χ1v) is 5.76. The Balaban J connectivity index is 0.00000162. The first-order valence-electron chi connectivity index (χ1n) is 4.96. The lowest BCUT2D eigenvalue weighted by Crippen LogP contribution is -2.36. The molecular formula is C11H12BrClF2N2O. The summed E-state index contributed by atoms with van der Waals surface area (Å²) < 4.78 is 27.5. The molecule has 0 fully saturated rings. The molecule has 0 aliphatic carbocycles. The van der Waals surface area contributed by atoms with Crippen LogP contribution in [-0.4, -0.2) is 22.6 Å². The predicted molar refractivity (Wildman–Crippen MR) is 72.2 cm³/mol.